The van der Waals surface area contributed by atoms with Crippen LogP contribution >= 0.6 is 0 Å². The molecule has 43 heavy (non-hydrogen) atoms. The summed E-state index contributed by atoms with van der Waals surface area (Å²) in [7, 11) is 1.05. The van der Waals surface area contributed by atoms with Crippen LogP contribution < -0.4 is 5.32 Å². The molecule has 4 aromatic rings. The zero-order chi connectivity index (χ0) is 31.5. The first-order valence-corrected chi connectivity index (χ1v) is 12.8. The Kier molecular flexibility index (Phi) is 8.83. The molecule has 0 unspecified atom stereocenters. The number of H-pyrrole nitrogens is 1. The summed E-state index contributed by atoms with van der Waals surface area (Å²) >= 11 is 0. The minimum absolute atomic E-state index is 0.104. The fraction of sp³-hybridized carbons (Fsp3) is 0.233. The van der Waals surface area contributed by atoms with Crippen molar-refractivity contribution in [2.45, 2.75) is 37.3 Å². The lowest BCUT2D eigenvalue weighted by molar-refractivity contribution is -0.143. The molecule has 0 saturated heterocycles. The molecule has 2 atom stereocenters. The molecule has 2 amide bonds. The monoisotopic (exact) mass is 605 g/mol. The standard InChI is InChI=1S/C30H25F6N3O4/c1-39(27(41)18-12-20(29(31,32)33)15-21(13-18)30(34,35)36)25(11-17-7-3-2-4-8-17)26(40)38-24(28(42)43)14-19-16-37-23-10-6-5-9-22(19)23/h2-10,12-13,15-16,24-25,37H,11,14H2,1H3,(H,38,40)(H,42,43)/t24-,25-/m0/s1. The Morgan fingerprint density at radius 1 is 0.860 bits per heavy atom. The maximum Gasteiger partial charge on any atom is 0.416 e. The normalized spacial score (nSPS) is 13.4. The Morgan fingerprint density at radius 2 is 1.44 bits per heavy atom. The third kappa shape index (κ3) is 7.34. The number of likely N-dealkylation sites (N-methyl/N-ethyl adjacent to an activating group) is 1. The maximum atomic E-state index is 13.5. The van der Waals surface area contributed by atoms with E-state index in [4.69, 9.17) is 0 Å². The van der Waals surface area contributed by atoms with E-state index in [2.05, 4.69) is 10.3 Å². The molecule has 0 bridgehead atoms. The van der Waals surface area contributed by atoms with Gasteiger partial charge in [0.25, 0.3) is 5.91 Å². The van der Waals surface area contributed by atoms with E-state index in [0.717, 1.165) is 18.0 Å². The van der Waals surface area contributed by atoms with Crippen molar-refractivity contribution in [2.75, 3.05) is 7.05 Å². The second-order valence-electron chi connectivity index (χ2n) is 9.88. The third-order valence-electron chi connectivity index (χ3n) is 6.91. The summed E-state index contributed by atoms with van der Waals surface area (Å²) in [5.41, 5.74) is -2.49. The van der Waals surface area contributed by atoms with E-state index >= 15 is 0 Å². The number of hydrogen-bond acceptors (Lipinski definition) is 3. The van der Waals surface area contributed by atoms with Crippen molar-refractivity contribution in [1.82, 2.24) is 15.2 Å². The SMILES string of the molecule is CN(C(=O)c1cc(C(F)(F)F)cc(C(F)(F)F)c1)[C@@H](Cc1ccccc1)C(=O)N[C@@H](Cc1c[nH]c2ccccc12)C(=O)O. The fourth-order valence-corrected chi connectivity index (χ4v) is 4.65. The lowest BCUT2D eigenvalue weighted by Crippen LogP contribution is -2.53. The molecule has 3 aromatic carbocycles. The first kappa shape index (κ1) is 31.1. The van der Waals surface area contributed by atoms with Crippen LogP contribution in [0.4, 0.5) is 26.3 Å². The summed E-state index contributed by atoms with van der Waals surface area (Å²) in [6.45, 7) is 0. The van der Waals surface area contributed by atoms with Gasteiger partial charge >= 0.3 is 18.3 Å². The fourth-order valence-electron chi connectivity index (χ4n) is 4.65. The number of nitrogens with zero attached hydrogens (tertiary/aromatic N) is 1. The van der Waals surface area contributed by atoms with Crippen molar-refractivity contribution in [2.24, 2.45) is 0 Å². The quantitative estimate of drug-likeness (QED) is 0.213. The van der Waals surface area contributed by atoms with Crippen LogP contribution in [-0.2, 0) is 34.8 Å². The topological polar surface area (TPSA) is 103 Å². The predicted octanol–water partition coefficient (Wildman–Crippen LogP) is 5.70. The van der Waals surface area contributed by atoms with Crippen molar-refractivity contribution >= 4 is 28.7 Å². The van der Waals surface area contributed by atoms with Crippen LogP contribution in [0.25, 0.3) is 10.9 Å². The highest BCUT2D eigenvalue weighted by molar-refractivity contribution is 5.98. The van der Waals surface area contributed by atoms with Crippen LogP contribution in [0.3, 0.4) is 0 Å². The number of halogens is 6. The largest absolute Gasteiger partial charge is 0.480 e. The summed E-state index contributed by atoms with van der Waals surface area (Å²) in [4.78, 5) is 42.8. The van der Waals surface area contributed by atoms with Gasteiger partial charge in [0, 0.05) is 42.6 Å². The van der Waals surface area contributed by atoms with Crippen molar-refractivity contribution < 1.29 is 45.8 Å². The summed E-state index contributed by atoms with van der Waals surface area (Å²) in [5.74, 6) is -3.65. The van der Waals surface area contributed by atoms with Gasteiger partial charge in [-0.15, -0.1) is 0 Å². The second kappa shape index (κ2) is 12.2. The highest BCUT2D eigenvalue weighted by atomic mass is 19.4. The lowest BCUT2D eigenvalue weighted by atomic mass is 10.00. The third-order valence-corrected chi connectivity index (χ3v) is 6.91. The average Bonchev–Trinajstić information content (AvgIpc) is 3.36. The molecule has 1 aromatic heterocycles. The molecule has 226 valence electrons. The molecule has 0 aliphatic heterocycles. The number of alkyl halides is 6. The number of carbonyl (C=O) groups is 3. The summed E-state index contributed by atoms with van der Waals surface area (Å²) in [6, 6.07) is 12.7. The Labute approximate surface area is 241 Å². The number of fused-ring (bicyclic) bond motifs is 1. The van der Waals surface area contributed by atoms with Crippen LogP contribution in [0.2, 0.25) is 0 Å². The number of carbonyl (C=O) groups excluding carboxylic acids is 2. The van der Waals surface area contributed by atoms with Crippen LogP contribution in [0.15, 0.2) is 79.0 Å². The molecule has 13 heteroatoms. The zero-order valence-electron chi connectivity index (χ0n) is 22.5. The summed E-state index contributed by atoms with van der Waals surface area (Å²) in [6.07, 6.45) is -9.14. The number of rotatable bonds is 9. The Hall–Kier alpha value is -4.81. The first-order valence-electron chi connectivity index (χ1n) is 12.8. The molecule has 0 aliphatic rings. The van der Waals surface area contributed by atoms with Crippen LogP contribution in [-0.4, -0.2) is 51.9 Å². The molecule has 0 fully saturated rings. The van der Waals surface area contributed by atoms with Gasteiger partial charge in [-0.3, -0.25) is 9.59 Å². The average molecular weight is 606 g/mol. The first-order chi connectivity index (χ1) is 20.1. The summed E-state index contributed by atoms with van der Waals surface area (Å²) in [5, 5.41) is 13.0. The van der Waals surface area contributed by atoms with E-state index in [-0.39, 0.29) is 31.0 Å². The van der Waals surface area contributed by atoms with Crippen LogP contribution in [0.5, 0.6) is 0 Å². The molecule has 0 aliphatic carbocycles. The van der Waals surface area contributed by atoms with Crippen molar-refractivity contribution in [1.29, 1.82) is 0 Å². The van der Waals surface area contributed by atoms with E-state index in [0.29, 0.717) is 16.0 Å². The number of nitrogens with one attached hydrogen (secondary N) is 2. The van der Waals surface area contributed by atoms with Gasteiger partial charge < -0.3 is 20.3 Å². The molecule has 0 saturated carbocycles. The Balaban J connectivity index is 1.67. The van der Waals surface area contributed by atoms with Gasteiger partial charge in [-0.2, -0.15) is 26.3 Å². The maximum absolute atomic E-state index is 13.5. The Bertz CT molecular complexity index is 1600. The Morgan fingerprint density at radius 3 is 2.02 bits per heavy atom. The van der Waals surface area contributed by atoms with E-state index in [1.54, 1.807) is 60.8 Å². The van der Waals surface area contributed by atoms with Gasteiger partial charge in [-0.25, -0.2) is 4.79 Å². The number of benzene rings is 3. The molecule has 7 nitrogen and oxygen atoms in total. The zero-order valence-corrected chi connectivity index (χ0v) is 22.5. The van der Waals surface area contributed by atoms with Crippen molar-refractivity contribution in [3.8, 4) is 0 Å². The molecular weight excluding hydrogens is 580 g/mol. The second-order valence-corrected chi connectivity index (χ2v) is 9.88. The number of carboxylic acid groups (broad SMARTS) is 1. The van der Waals surface area contributed by atoms with Crippen LogP contribution in [0.1, 0.15) is 32.6 Å². The number of amides is 2. The predicted molar refractivity (Wildman–Crippen MR) is 144 cm³/mol. The van der Waals surface area contributed by atoms with E-state index in [1.807, 2.05) is 0 Å². The van der Waals surface area contributed by atoms with E-state index in [9.17, 15) is 45.8 Å². The van der Waals surface area contributed by atoms with Crippen molar-refractivity contribution in [3.05, 3.63) is 107 Å². The number of aliphatic carboxylic acids is 1. The van der Waals surface area contributed by atoms with Gasteiger partial charge in [0.05, 0.1) is 11.1 Å². The van der Waals surface area contributed by atoms with E-state index in [1.165, 1.54) is 0 Å². The van der Waals surface area contributed by atoms with Gasteiger partial charge in [0.1, 0.15) is 12.1 Å². The molecule has 3 N–H and O–H groups in total. The summed E-state index contributed by atoms with van der Waals surface area (Å²) < 4.78 is 80.6. The van der Waals surface area contributed by atoms with E-state index < -0.39 is 58.9 Å². The molecule has 4 rings (SSSR count). The van der Waals surface area contributed by atoms with Gasteiger partial charge in [-0.1, -0.05) is 48.5 Å². The highest BCUT2D eigenvalue weighted by Gasteiger charge is 2.39. The molecule has 1 heterocycles. The number of aromatic amines is 1. The number of hydrogen-bond donors (Lipinski definition) is 3. The highest BCUT2D eigenvalue weighted by Crippen LogP contribution is 2.36. The van der Waals surface area contributed by atoms with Gasteiger partial charge in [0.2, 0.25) is 5.91 Å². The molecule has 0 spiro atoms. The van der Waals surface area contributed by atoms with Crippen LogP contribution in [0, 0.1) is 0 Å². The van der Waals surface area contributed by atoms with Crippen molar-refractivity contribution in [3.63, 3.8) is 0 Å². The van der Waals surface area contributed by atoms with Gasteiger partial charge in [0.15, 0.2) is 0 Å². The number of para-hydroxylation sites is 1. The number of carboxylic acids is 1. The molecular formula is C30H25F6N3O4. The molecule has 0 radical (unpaired) electrons. The minimum Gasteiger partial charge on any atom is -0.480 e. The number of aromatic nitrogens is 1. The lowest BCUT2D eigenvalue weighted by Gasteiger charge is -2.29. The smallest absolute Gasteiger partial charge is 0.416 e. The minimum atomic E-state index is -5.19. The van der Waals surface area contributed by atoms with Gasteiger partial charge in [-0.05, 0) is 35.4 Å².